The number of hydrogen-bond acceptors (Lipinski definition) is 2. The van der Waals surface area contributed by atoms with Gasteiger partial charge in [0.15, 0.2) is 0 Å². The van der Waals surface area contributed by atoms with Gasteiger partial charge in [-0.05, 0) is 49.2 Å². The van der Waals surface area contributed by atoms with Crippen molar-refractivity contribution in [3.05, 3.63) is 63.6 Å². The summed E-state index contributed by atoms with van der Waals surface area (Å²) >= 11 is 11.9. The molecule has 1 N–H and O–H groups in total. The summed E-state index contributed by atoms with van der Waals surface area (Å²) in [5.41, 5.74) is 1.54. The first-order chi connectivity index (χ1) is 11.0. The number of aryl methyl sites for hydroxylation is 1. The zero-order chi connectivity index (χ0) is 16.8. The SMILES string of the molecule is CC[C@H](COc1cccc(C)c1)NC(=O)c1ccc(Cl)cc1Cl. The minimum Gasteiger partial charge on any atom is -0.491 e. The fourth-order valence-electron chi connectivity index (χ4n) is 2.10. The van der Waals surface area contributed by atoms with Crippen molar-refractivity contribution < 1.29 is 9.53 Å². The van der Waals surface area contributed by atoms with Crippen molar-refractivity contribution in [1.29, 1.82) is 0 Å². The van der Waals surface area contributed by atoms with Gasteiger partial charge in [-0.25, -0.2) is 0 Å². The summed E-state index contributed by atoms with van der Waals surface area (Å²) in [5.74, 6) is 0.564. The Kier molecular flexibility index (Phi) is 6.31. The smallest absolute Gasteiger partial charge is 0.253 e. The Bertz CT molecular complexity index is 688. The second kappa shape index (κ2) is 8.23. The Morgan fingerprint density at radius 3 is 2.65 bits per heavy atom. The Hall–Kier alpha value is -1.71. The average Bonchev–Trinajstić information content (AvgIpc) is 2.51. The maximum Gasteiger partial charge on any atom is 0.253 e. The zero-order valence-electron chi connectivity index (χ0n) is 13.1. The predicted octanol–water partition coefficient (Wildman–Crippen LogP) is 4.89. The van der Waals surface area contributed by atoms with E-state index in [2.05, 4.69) is 5.32 Å². The fraction of sp³-hybridized carbons (Fsp3) is 0.278. The quantitative estimate of drug-likeness (QED) is 0.804. The first-order valence-electron chi connectivity index (χ1n) is 7.45. The average molecular weight is 352 g/mol. The van der Waals surface area contributed by atoms with E-state index in [0.29, 0.717) is 22.2 Å². The maximum atomic E-state index is 12.3. The lowest BCUT2D eigenvalue weighted by Crippen LogP contribution is -2.38. The summed E-state index contributed by atoms with van der Waals surface area (Å²) in [6, 6.07) is 12.5. The van der Waals surface area contributed by atoms with E-state index in [1.165, 1.54) is 0 Å². The van der Waals surface area contributed by atoms with Crippen LogP contribution in [0.15, 0.2) is 42.5 Å². The Labute approximate surface area is 146 Å². The second-order valence-corrected chi connectivity index (χ2v) is 6.17. The van der Waals surface area contributed by atoms with Crippen LogP contribution < -0.4 is 10.1 Å². The maximum absolute atomic E-state index is 12.3. The van der Waals surface area contributed by atoms with Gasteiger partial charge in [-0.2, -0.15) is 0 Å². The van der Waals surface area contributed by atoms with Crippen LogP contribution in [0.3, 0.4) is 0 Å². The van der Waals surface area contributed by atoms with Crippen molar-refractivity contribution in [3.8, 4) is 5.75 Å². The Balaban J connectivity index is 1.97. The van der Waals surface area contributed by atoms with Gasteiger partial charge in [0.25, 0.3) is 5.91 Å². The van der Waals surface area contributed by atoms with E-state index in [1.807, 2.05) is 38.1 Å². The minimum absolute atomic E-state index is 0.102. The van der Waals surface area contributed by atoms with Crippen molar-refractivity contribution in [2.45, 2.75) is 26.3 Å². The lowest BCUT2D eigenvalue weighted by atomic mass is 10.1. The molecule has 0 saturated heterocycles. The third-order valence-electron chi connectivity index (χ3n) is 3.44. The Morgan fingerprint density at radius 1 is 1.22 bits per heavy atom. The molecular formula is C18H19Cl2NO2. The number of ether oxygens (including phenoxy) is 1. The molecule has 5 heteroatoms. The normalized spacial score (nSPS) is 11.8. The molecule has 0 aliphatic heterocycles. The van der Waals surface area contributed by atoms with Gasteiger partial charge in [0.1, 0.15) is 12.4 Å². The number of rotatable bonds is 6. The first kappa shape index (κ1) is 17.6. The van der Waals surface area contributed by atoms with Gasteiger partial charge in [-0.1, -0.05) is 42.3 Å². The van der Waals surface area contributed by atoms with Crippen LogP contribution in [-0.4, -0.2) is 18.6 Å². The highest BCUT2D eigenvalue weighted by Gasteiger charge is 2.15. The van der Waals surface area contributed by atoms with Gasteiger partial charge in [-0.3, -0.25) is 4.79 Å². The van der Waals surface area contributed by atoms with E-state index >= 15 is 0 Å². The summed E-state index contributed by atoms with van der Waals surface area (Å²) in [4.78, 5) is 12.3. The van der Waals surface area contributed by atoms with Crippen molar-refractivity contribution in [2.24, 2.45) is 0 Å². The summed E-state index contributed by atoms with van der Waals surface area (Å²) in [7, 11) is 0. The molecule has 1 amide bonds. The van der Waals surface area contributed by atoms with E-state index in [9.17, 15) is 4.79 Å². The summed E-state index contributed by atoms with van der Waals surface area (Å²) < 4.78 is 5.76. The molecule has 122 valence electrons. The molecule has 0 spiro atoms. The highest BCUT2D eigenvalue weighted by molar-refractivity contribution is 6.36. The van der Waals surface area contributed by atoms with Crippen LogP contribution in [0.1, 0.15) is 29.3 Å². The topological polar surface area (TPSA) is 38.3 Å². The number of carbonyl (C=O) groups excluding carboxylic acids is 1. The monoisotopic (exact) mass is 351 g/mol. The number of nitrogens with one attached hydrogen (secondary N) is 1. The third-order valence-corrected chi connectivity index (χ3v) is 3.99. The lowest BCUT2D eigenvalue weighted by molar-refractivity contribution is 0.0920. The zero-order valence-corrected chi connectivity index (χ0v) is 14.6. The minimum atomic E-state index is -0.230. The largest absolute Gasteiger partial charge is 0.491 e. The number of carbonyl (C=O) groups is 1. The van der Waals surface area contributed by atoms with Crippen molar-refractivity contribution in [2.75, 3.05) is 6.61 Å². The van der Waals surface area contributed by atoms with Crippen LogP contribution in [0.2, 0.25) is 10.0 Å². The van der Waals surface area contributed by atoms with E-state index in [-0.39, 0.29) is 11.9 Å². The van der Waals surface area contributed by atoms with Crippen molar-refractivity contribution in [1.82, 2.24) is 5.32 Å². The van der Waals surface area contributed by atoms with E-state index in [0.717, 1.165) is 17.7 Å². The molecule has 0 heterocycles. The van der Waals surface area contributed by atoms with Crippen molar-refractivity contribution in [3.63, 3.8) is 0 Å². The number of benzene rings is 2. The molecule has 0 bridgehead atoms. The second-order valence-electron chi connectivity index (χ2n) is 5.33. The molecule has 1 atom stereocenters. The molecule has 0 aliphatic rings. The molecule has 0 aliphatic carbocycles. The van der Waals surface area contributed by atoms with Crippen molar-refractivity contribution >= 4 is 29.1 Å². The van der Waals surface area contributed by atoms with Gasteiger partial charge in [0.2, 0.25) is 0 Å². The molecule has 2 aromatic carbocycles. The van der Waals surface area contributed by atoms with Gasteiger partial charge in [0, 0.05) is 5.02 Å². The van der Waals surface area contributed by atoms with Gasteiger partial charge in [0.05, 0.1) is 16.6 Å². The van der Waals surface area contributed by atoms with Crippen LogP contribution in [0.25, 0.3) is 0 Å². The van der Waals surface area contributed by atoms with Crippen LogP contribution in [-0.2, 0) is 0 Å². The Morgan fingerprint density at radius 2 is 2.00 bits per heavy atom. The molecule has 23 heavy (non-hydrogen) atoms. The molecule has 2 rings (SSSR count). The number of amides is 1. The first-order valence-corrected chi connectivity index (χ1v) is 8.20. The lowest BCUT2D eigenvalue weighted by Gasteiger charge is -2.18. The highest BCUT2D eigenvalue weighted by atomic mass is 35.5. The van der Waals surface area contributed by atoms with Crippen LogP contribution in [0, 0.1) is 6.92 Å². The third kappa shape index (κ3) is 5.15. The van der Waals surface area contributed by atoms with E-state index in [4.69, 9.17) is 27.9 Å². The standard InChI is InChI=1S/C18H19Cl2NO2/c1-3-14(11-23-15-6-4-5-12(2)9-15)21-18(22)16-8-7-13(19)10-17(16)20/h4-10,14H,3,11H2,1-2H3,(H,21,22)/t14-/m1/s1. The molecule has 2 aromatic rings. The van der Waals surface area contributed by atoms with Crippen LogP contribution >= 0.6 is 23.2 Å². The number of halogens is 2. The molecular weight excluding hydrogens is 333 g/mol. The highest BCUT2D eigenvalue weighted by Crippen LogP contribution is 2.21. The molecule has 0 aromatic heterocycles. The van der Waals surface area contributed by atoms with Gasteiger partial charge in [-0.15, -0.1) is 0 Å². The summed E-state index contributed by atoms with van der Waals surface area (Å²) in [6.07, 6.45) is 0.753. The predicted molar refractivity (Wildman–Crippen MR) is 94.7 cm³/mol. The molecule has 0 saturated carbocycles. The molecule has 0 radical (unpaired) electrons. The molecule has 3 nitrogen and oxygen atoms in total. The molecule has 0 fully saturated rings. The van der Waals surface area contributed by atoms with E-state index < -0.39 is 0 Å². The molecule has 0 unspecified atom stereocenters. The summed E-state index contributed by atoms with van der Waals surface area (Å²) in [6.45, 7) is 4.40. The van der Waals surface area contributed by atoms with Crippen LogP contribution in [0.5, 0.6) is 5.75 Å². The van der Waals surface area contributed by atoms with E-state index in [1.54, 1.807) is 18.2 Å². The number of hydrogen-bond donors (Lipinski definition) is 1. The fourth-order valence-corrected chi connectivity index (χ4v) is 2.59. The van der Waals surface area contributed by atoms with Gasteiger partial charge >= 0.3 is 0 Å². The van der Waals surface area contributed by atoms with Gasteiger partial charge < -0.3 is 10.1 Å². The summed E-state index contributed by atoms with van der Waals surface area (Å²) in [5, 5.41) is 3.78. The van der Waals surface area contributed by atoms with Crippen LogP contribution in [0.4, 0.5) is 0 Å².